The van der Waals surface area contributed by atoms with Crippen LogP contribution in [-0.4, -0.2) is 42.4 Å². The number of carbonyl (C=O) groups excluding carboxylic acids is 1. The number of amides is 1. The van der Waals surface area contributed by atoms with Gasteiger partial charge in [-0.2, -0.15) is 0 Å². The van der Waals surface area contributed by atoms with Gasteiger partial charge in [-0.1, -0.05) is 6.07 Å². The minimum Gasteiger partial charge on any atom is -0.396 e. The molecule has 0 saturated carbocycles. The summed E-state index contributed by atoms with van der Waals surface area (Å²) in [6.07, 6.45) is 3.23. The minimum atomic E-state index is -0.128. The van der Waals surface area contributed by atoms with Crippen LogP contribution in [-0.2, 0) is 16.0 Å². The van der Waals surface area contributed by atoms with Crippen LogP contribution < -0.4 is 5.32 Å². The Kier molecular flexibility index (Phi) is 6.98. The largest absolute Gasteiger partial charge is 0.396 e. The molecule has 18 heavy (non-hydrogen) atoms. The number of methoxy groups -OCH3 is 1. The monoisotopic (exact) mass is 252 g/mol. The predicted octanol–water partition coefficient (Wildman–Crippen LogP) is 0.528. The second kappa shape index (κ2) is 8.60. The van der Waals surface area contributed by atoms with Crippen LogP contribution in [0.1, 0.15) is 18.5 Å². The molecule has 5 nitrogen and oxygen atoms in total. The summed E-state index contributed by atoms with van der Waals surface area (Å²) < 4.78 is 4.98. The first-order chi connectivity index (χ1) is 8.76. The molecule has 0 bridgehead atoms. The lowest BCUT2D eigenvalue weighted by Crippen LogP contribution is -2.38. The molecule has 1 rings (SSSR count). The van der Waals surface area contributed by atoms with Crippen LogP contribution in [0.3, 0.4) is 0 Å². The van der Waals surface area contributed by atoms with Crippen LogP contribution >= 0.6 is 0 Å². The van der Waals surface area contributed by atoms with Crippen molar-refractivity contribution in [1.29, 1.82) is 0 Å². The molecule has 1 unspecified atom stereocenters. The van der Waals surface area contributed by atoms with Crippen molar-refractivity contribution in [2.75, 3.05) is 20.3 Å². The Bertz CT molecular complexity index is 337. The van der Waals surface area contributed by atoms with Gasteiger partial charge in [-0.05, 0) is 25.0 Å². The van der Waals surface area contributed by atoms with E-state index < -0.39 is 0 Å². The Hall–Kier alpha value is -1.46. The smallest absolute Gasteiger partial charge is 0.220 e. The van der Waals surface area contributed by atoms with E-state index in [0.29, 0.717) is 25.9 Å². The first kappa shape index (κ1) is 14.6. The summed E-state index contributed by atoms with van der Waals surface area (Å²) in [5.74, 6) is -0.0452. The van der Waals surface area contributed by atoms with Crippen molar-refractivity contribution < 1.29 is 14.6 Å². The highest BCUT2D eigenvalue weighted by Crippen LogP contribution is 1.99. The number of rotatable bonds is 8. The Morgan fingerprint density at radius 3 is 3.00 bits per heavy atom. The Morgan fingerprint density at radius 2 is 2.39 bits per heavy atom. The van der Waals surface area contributed by atoms with Crippen LogP contribution in [0.2, 0.25) is 0 Å². The number of aliphatic hydroxyl groups is 1. The topological polar surface area (TPSA) is 71.5 Å². The quantitative estimate of drug-likeness (QED) is 0.708. The highest BCUT2D eigenvalue weighted by Gasteiger charge is 2.11. The Morgan fingerprint density at radius 1 is 1.56 bits per heavy atom. The normalized spacial score (nSPS) is 12.1. The average Bonchev–Trinajstić information content (AvgIpc) is 2.38. The molecule has 0 radical (unpaired) electrons. The van der Waals surface area contributed by atoms with Gasteiger partial charge in [-0.3, -0.25) is 9.78 Å². The zero-order valence-corrected chi connectivity index (χ0v) is 10.6. The standard InChI is InChI=1S/C13H20N2O3/c1-18-10-12(7-9-16)15-13(17)6-5-11-4-2-3-8-14-11/h2-4,8,12,16H,5-7,9-10H2,1H3,(H,15,17). The van der Waals surface area contributed by atoms with E-state index in [4.69, 9.17) is 9.84 Å². The molecule has 0 saturated heterocycles. The van der Waals surface area contributed by atoms with Gasteiger partial charge in [-0.25, -0.2) is 0 Å². The molecule has 2 N–H and O–H groups in total. The lowest BCUT2D eigenvalue weighted by Gasteiger charge is -2.16. The van der Waals surface area contributed by atoms with Gasteiger partial charge >= 0.3 is 0 Å². The van der Waals surface area contributed by atoms with Crippen molar-refractivity contribution in [2.45, 2.75) is 25.3 Å². The number of hydrogen-bond donors (Lipinski definition) is 2. The fourth-order valence-electron chi connectivity index (χ4n) is 1.64. The molecule has 1 amide bonds. The third-order valence-corrected chi connectivity index (χ3v) is 2.54. The van der Waals surface area contributed by atoms with Crippen molar-refractivity contribution in [2.24, 2.45) is 0 Å². The van der Waals surface area contributed by atoms with Crippen LogP contribution in [0.4, 0.5) is 0 Å². The number of aromatic nitrogens is 1. The second-order valence-electron chi connectivity index (χ2n) is 4.05. The molecule has 0 aliphatic heterocycles. The number of aliphatic hydroxyl groups excluding tert-OH is 1. The van der Waals surface area contributed by atoms with E-state index in [9.17, 15) is 4.79 Å². The molecule has 1 heterocycles. The summed E-state index contributed by atoms with van der Waals surface area (Å²) in [5.41, 5.74) is 0.901. The van der Waals surface area contributed by atoms with Crippen molar-refractivity contribution in [3.05, 3.63) is 30.1 Å². The number of hydrogen-bond acceptors (Lipinski definition) is 4. The van der Waals surface area contributed by atoms with Gasteiger partial charge in [0.15, 0.2) is 0 Å². The van der Waals surface area contributed by atoms with E-state index in [1.54, 1.807) is 13.3 Å². The molecule has 1 atom stereocenters. The highest BCUT2D eigenvalue weighted by atomic mass is 16.5. The van der Waals surface area contributed by atoms with E-state index in [-0.39, 0.29) is 18.6 Å². The molecule has 0 aliphatic carbocycles. The number of aryl methyl sites for hydroxylation is 1. The van der Waals surface area contributed by atoms with E-state index in [1.165, 1.54) is 0 Å². The fraction of sp³-hybridized carbons (Fsp3) is 0.538. The minimum absolute atomic E-state index is 0.0363. The molecule has 0 fully saturated rings. The Balaban J connectivity index is 2.31. The predicted molar refractivity (Wildman–Crippen MR) is 68.1 cm³/mol. The zero-order chi connectivity index (χ0) is 13.2. The zero-order valence-electron chi connectivity index (χ0n) is 10.6. The van der Waals surface area contributed by atoms with E-state index >= 15 is 0 Å². The van der Waals surface area contributed by atoms with Gasteiger partial charge in [0.25, 0.3) is 0 Å². The van der Waals surface area contributed by atoms with Crippen LogP contribution in [0, 0.1) is 0 Å². The molecule has 5 heteroatoms. The first-order valence-corrected chi connectivity index (χ1v) is 6.05. The van der Waals surface area contributed by atoms with E-state index in [1.807, 2.05) is 18.2 Å². The van der Waals surface area contributed by atoms with Crippen molar-refractivity contribution in [3.8, 4) is 0 Å². The van der Waals surface area contributed by atoms with Gasteiger partial charge in [0, 0.05) is 32.0 Å². The van der Waals surface area contributed by atoms with Crippen molar-refractivity contribution >= 4 is 5.91 Å². The summed E-state index contributed by atoms with van der Waals surface area (Å²) in [4.78, 5) is 15.9. The lowest BCUT2D eigenvalue weighted by molar-refractivity contribution is -0.122. The summed E-state index contributed by atoms with van der Waals surface area (Å²) in [5, 5.41) is 11.7. The number of ether oxygens (including phenoxy) is 1. The highest BCUT2D eigenvalue weighted by molar-refractivity contribution is 5.76. The maximum atomic E-state index is 11.7. The number of nitrogens with zero attached hydrogens (tertiary/aromatic N) is 1. The summed E-state index contributed by atoms with van der Waals surface area (Å²) >= 11 is 0. The van der Waals surface area contributed by atoms with Crippen molar-refractivity contribution in [1.82, 2.24) is 10.3 Å². The molecule has 0 aliphatic rings. The number of pyridine rings is 1. The molecule has 1 aromatic heterocycles. The lowest BCUT2D eigenvalue weighted by atomic mass is 10.2. The van der Waals surface area contributed by atoms with Gasteiger partial charge in [-0.15, -0.1) is 0 Å². The third-order valence-electron chi connectivity index (χ3n) is 2.54. The molecule has 0 spiro atoms. The molecular formula is C13H20N2O3. The summed E-state index contributed by atoms with van der Waals surface area (Å²) in [7, 11) is 1.57. The van der Waals surface area contributed by atoms with Crippen molar-refractivity contribution in [3.63, 3.8) is 0 Å². The maximum absolute atomic E-state index is 11.7. The summed E-state index contributed by atoms with van der Waals surface area (Å²) in [6.45, 7) is 0.449. The average molecular weight is 252 g/mol. The van der Waals surface area contributed by atoms with Gasteiger partial charge in [0.1, 0.15) is 0 Å². The van der Waals surface area contributed by atoms with Gasteiger partial charge < -0.3 is 15.2 Å². The Labute approximate surface area is 107 Å². The molecule has 100 valence electrons. The van der Waals surface area contributed by atoms with Gasteiger partial charge in [0.05, 0.1) is 12.6 Å². The SMILES string of the molecule is COCC(CCO)NC(=O)CCc1ccccn1. The summed E-state index contributed by atoms with van der Waals surface area (Å²) in [6, 6.07) is 5.52. The van der Waals surface area contributed by atoms with Crippen LogP contribution in [0.15, 0.2) is 24.4 Å². The van der Waals surface area contributed by atoms with E-state index in [0.717, 1.165) is 5.69 Å². The number of nitrogens with one attached hydrogen (secondary N) is 1. The maximum Gasteiger partial charge on any atom is 0.220 e. The molecular weight excluding hydrogens is 232 g/mol. The fourth-order valence-corrected chi connectivity index (χ4v) is 1.64. The second-order valence-corrected chi connectivity index (χ2v) is 4.05. The first-order valence-electron chi connectivity index (χ1n) is 6.05. The van der Waals surface area contributed by atoms with Crippen LogP contribution in [0.25, 0.3) is 0 Å². The third kappa shape index (κ3) is 5.75. The van der Waals surface area contributed by atoms with E-state index in [2.05, 4.69) is 10.3 Å². The number of carbonyl (C=O) groups is 1. The van der Waals surface area contributed by atoms with Crippen LogP contribution in [0.5, 0.6) is 0 Å². The molecule has 1 aromatic rings. The molecule has 0 aromatic carbocycles. The van der Waals surface area contributed by atoms with Gasteiger partial charge in [0.2, 0.25) is 5.91 Å².